The summed E-state index contributed by atoms with van der Waals surface area (Å²) < 4.78 is 5.11. The number of aryl methyl sites for hydroxylation is 1. The number of nitrogens with zero attached hydrogens (tertiary/aromatic N) is 4. The number of benzene rings is 1. The third-order valence-electron chi connectivity index (χ3n) is 5.22. The van der Waals surface area contributed by atoms with Gasteiger partial charge in [0.1, 0.15) is 5.82 Å². The normalized spacial score (nSPS) is 14.4. The summed E-state index contributed by atoms with van der Waals surface area (Å²) in [7, 11) is 3.92. The summed E-state index contributed by atoms with van der Waals surface area (Å²) in [6, 6.07) is 9.67. The number of thioether (sulfide) groups is 1. The van der Waals surface area contributed by atoms with E-state index in [4.69, 9.17) is 4.74 Å². The molecule has 1 aromatic carbocycles. The van der Waals surface area contributed by atoms with Crippen molar-refractivity contribution in [2.75, 3.05) is 38.7 Å². The Morgan fingerprint density at radius 2 is 1.94 bits per heavy atom. The number of anilines is 1. The van der Waals surface area contributed by atoms with Gasteiger partial charge in [-0.1, -0.05) is 23.9 Å². The van der Waals surface area contributed by atoms with Gasteiger partial charge in [0.05, 0.1) is 12.5 Å². The number of carbonyl (C=O) groups excluding carboxylic acids is 2. The molecule has 166 valence electrons. The predicted octanol–water partition coefficient (Wildman–Crippen LogP) is 3.56. The van der Waals surface area contributed by atoms with Crippen LogP contribution >= 0.6 is 11.8 Å². The van der Waals surface area contributed by atoms with Crippen LogP contribution in [0.3, 0.4) is 0 Å². The summed E-state index contributed by atoms with van der Waals surface area (Å²) in [6.07, 6.45) is 1.30. The first-order chi connectivity index (χ1) is 14.9. The summed E-state index contributed by atoms with van der Waals surface area (Å²) in [6.45, 7) is 5.32. The monoisotopic (exact) mass is 442 g/mol. The van der Waals surface area contributed by atoms with E-state index in [1.165, 1.54) is 0 Å². The number of esters is 1. The van der Waals surface area contributed by atoms with E-state index in [0.717, 1.165) is 22.2 Å². The predicted molar refractivity (Wildman–Crippen MR) is 122 cm³/mol. The molecule has 0 bridgehead atoms. The van der Waals surface area contributed by atoms with Crippen LogP contribution in [-0.4, -0.2) is 60.5 Å². The Hall–Kier alpha value is -2.61. The second kappa shape index (κ2) is 10.6. The summed E-state index contributed by atoms with van der Waals surface area (Å²) in [4.78, 5) is 37.8. The molecule has 1 aromatic heterocycles. The summed E-state index contributed by atoms with van der Waals surface area (Å²) >= 11 is 1.56. The molecule has 0 atom stereocenters. The Balaban J connectivity index is 1.60. The summed E-state index contributed by atoms with van der Waals surface area (Å²) in [5, 5.41) is 0.724. The van der Waals surface area contributed by atoms with E-state index < -0.39 is 0 Å². The first kappa shape index (κ1) is 23.1. The molecule has 31 heavy (non-hydrogen) atoms. The molecule has 3 rings (SSSR count). The van der Waals surface area contributed by atoms with Crippen molar-refractivity contribution in [2.24, 2.45) is 5.92 Å². The first-order valence-electron chi connectivity index (χ1n) is 10.6. The van der Waals surface area contributed by atoms with E-state index in [-0.39, 0.29) is 17.8 Å². The van der Waals surface area contributed by atoms with E-state index in [2.05, 4.69) is 9.97 Å². The molecule has 0 aliphatic carbocycles. The van der Waals surface area contributed by atoms with Crippen molar-refractivity contribution in [3.05, 3.63) is 47.2 Å². The number of piperidine rings is 1. The molecule has 1 fully saturated rings. The average Bonchev–Trinajstić information content (AvgIpc) is 2.77. The smallest absolute Gasteiger partial charge is 0.309 e. The molecule has 7 nitrogen and oxygen atoms in total. The molecular weight excluding hydrogens is 412 g/mol. The largest absolute Gasteiger partial charge is 0.466 e. The Bertz CT molecular complexity index is 927. The number of aromatic nitrogens is 2. The van der Waals surface area contributed by atoms with Crippen molar-refractivity contribution < 1.29 is 14.3 Å². The zero-order valence-corrected chi connectivity index (χ0v) is 19.4. The average molecular weight is 443 g/mol. The topological polar surface area (TPSA) is 75.6 Å². The van der Waals surface area contributed by atoms with Crippen LogP contribution in [0.4, 0.5) is 5.82 Å². The van der Waals surface area contributed by atoms with Gasteiger partial charge in [0, 0.05) is 50.3 Å². The molecule has 0 unspecified atom stereocenters. The number of amides is 1. The maximum absolute atomic E-state index is 13.0. The molecule has 2 aromatic rings. The van der Waals surface area contributed by atoms with Crippen LogP contribution in [-0.2, 0) is 15.3 Å². The number of likely N-dealkylation sites (tertiary alicyclic amines) is 1. The van der Waals surface area contributed by atoms with E-state index in [1.54, 1.807) is 11.8 Å². The number of hydrogen-bond acceptors (Lipinski definition) is 7. The van der Waals surface area contributed by atoms with Gasteiger partial charge in [0.15, 0.2) is 5.16 Å². The lowest BCUT2D eigenvalue weighted by Crippen LogP contribution is -2.40. The molecule has 1 aliphatic rings. The van der Waals surface area contributed by atoms with Gasteiger partial charge in [-0.25, -0.2) is 9.97 Å². The van der Waals surface area contributed by atoms with E-state index in [1.807, 2.05) is 68.1 Å². The zero-order chi connectivity index (χ0) is 22.4. The Labute approximate surface area is 188 Å². The van der Waals surface area contributed by atoms with Crippen LogP contribution in [0.2, 0.25) is 0 Å². The summed E-state index contributed by atoms with van der Waals surface area (Å²) in [5.74, 6) is 1.32. The highest BCUT2D eigenvalue weighted by Gasteiger charge is 2.28. The molecule has 1 saturated heterocycles. The standard InChI is InChI=1S/C23H30N4O3S/c1-5-30-22(29)18-9-11-27(12-10-18)21(28)19-8-6-7-17(14-19)15-31-23-24-16(2)13-20(25-23)26(3)4/h6-8,13-14,18H,5,9-12,15H2,1-4H3. The fourth-order valence-corrected chi connectivity index (χ4v) is 4.36. The minimum absolute atomic E-state index is 0.0101. The third kappa shape index (κ3) is 6.19. The fourth-order valence-electron chi connectivity index (χ4n) is 3.52. The number of ether oxygens (including phenoxy) is 1. The van der Waals surface area contributed by atoms with Crippen LogP contribution in [0.1, 0.15) is 41.4 Å². The number of rotatable bonds is 7. The molecule has 0 N–H and O–H groups in total. The van der Waals surface area contributed by atoms with Crippen molar-refractivity contribution in [2.45, 2.75) is 37.6 Å². The molecular formula is C23H30N4O3S. The number of carbonyl (C=O) groups is 2. The van der Waals surface area contributed by atoms with Gasteiger partial charge in [-0.3, -0.25) is 9.59 Å². The quantitative estimate of drug-likeness (QED) is 0.369. The maximum atomic E-state index is 13.0. The van der Waals surface area contributed by atoms with Crippen LogP contribution in [0.5, 0.6) is 0 Å². The lowest BCUT2D eigenvalue weighted by molar-refractivity contribution is -0.149. The zero-order valence-electron chi connectivity index (χ0n) is 18.6. The highest BCUT2D eigenvalue weighted by molar-refractivity contribution is 7.98. The van der Waals surface area contributed by atoms with Gasteiger partial charge >= 0.3 is 5.97 Å². The van der Waals surface area contributed by atoms with Crippen molar-refractivity contribution in [3.8, 4) is 0 Å². The van der Waals surface area contributed by atoms with Gasteiger partial charge < -0.3 is 14.5 Å². The lowest BCUT2D eigenvalue weighted by atomic mass is 9.96. The van der Waals surface area contributed by atoms with Crippen molar-refractivity contribution in [1.29, 1.82) is 0 Å². The van der Waals surface area contributed by atoms with Gasteiger partial charge in [-0.05, 0) is 44.4 Å². The Morgan fingerprint density at radius 3 is 2.61 bits per heavy atom. The van der Waals surface area contributed by atoms with Crippen molar-refractivity contribution >= 4 is 29.5 Å². The second-order valence-electron chi connectivity index (χ2n) is 7.85. The number of hydrogen-bond donors (Lipinski definition) is 0. The molecule has 1 aliphatic heterocycles. The fraction of sp³-hybridized carbons (Fsp3) is 0.478. The van der Waals surface area contributed by atoms with E-state index in [0.29, 0.717) is 43.9 Å². The highest BCUT2D eigenvalue weighted by Crippen LogP contribution is 2.24. The molecule has 1 amide bonds. The van der Waals surface area contributed by atoms with Gasteiger partial charge in [0.25, 0.3) is 5.91 Å². The van der Waals surface area contributed by atoms with Crippen molar-refractivity contribution in [3.63, 3.8) is 0 Å². The minimum atomic E-state index is -0.149. The lowest BCUT2D eigenvalue weighted by Gasteiger charge is -2.31. The van der Waals surface area contributed by atoms with Crippen LogP contribution in [0.15, 0.2) is 35.5 Å². The SMILES string of the molecule is CCOC(=O)C1CCN(C(=O)c2cccc(CSc3nc(C)cc(N(C)C)n3)c2)CC1. The maximum Gasteiger partial charge on any atom is 0.309 e. The van der Waals surface area contributed by atoms with Gasteiger partial charge in [-0.15, -0.1) is 0 Å². The van der Waals surface area contributed by atoms with Crippen LogP contribution in [0.25, 0.3) is 0 Å². The molecule has 2 heterocycles. The summed E-state index contributed by atoms with van der Waals surface area (Å²) in [5.41, 5.74) is 2.65. The molecule has 8 heteroatoms. The second-order valence-corrected chi connectivity index (χ2v) is 8.79. The molecule has 0 radical (unpaired) electrons. The van der Waals surface area contributed by atoms with Crippen LogP contribution in [0, 0.1) is 12.8 Å². The van der Waals surface area contributed by atoms with Gasteiger partial charge in [-0.2, -0.15) is 0 Å². The Morgan fingerprint density at radius 1 is 1.19 bits per heavy atom. The molecule has 0 spiro atoms. The van der Waals surface area contributed by atoms with Crippen molar-refractivity contribution in [1.82, 2.24) is 14.9 Å². The molecule has 0 saturated carbocycles. The van der Waals surface area contributed by atoms with Gasteiger partial charge in [0.2, 0.25) is 0 Å². The third-order valence-corrected chi connectivity index (χ3v) is 6.14. The minimum Gasteiger partial charge on any atom is -0.466 e. The highest BCUT2D eigenvalue weighted by atomic mass is 32.2. The Kier molecular flexibility index (Phi) is 7.90. The van der Waals surface area contributed by atoms with E-state index >= 15 is 0 Å². The van der Waals surface area contributed by atoms with Crippen LogP contribution < -0.4 is 4.90 Å². The first-order valence-corrected chi connectivity index (χ1v) is 11.6. The van der Waals surface area contributed by atoms with E-state index in [9.17, 15) is 9.59 Å².